The Balaban J connectivity index is 1.54. The minimum atomic E-state index is -4.38. The third-order valence-corrected chi connectivity index (χ3v) is 6.79. The summed E-state index contributed by atoms with van der Waals surface area (Å²) in [6.07, 6.45) is 1.83. The first-order chi connectivity index (χ1) is 15.8. The van der Waals surface area contributed by atoms with E-state index in [2.05, 4.69) is 30.2 Å². The number of aryl methyl sites for hydroxylation is 1. The first-order valence-electron chi connectivity index (χ1n) is 11.2. The molecule has 0 saturated heterocycles. The van der Waals surface area contributed by atoms with Crippen LogP contribution in [0.4, 0.5) is 18.9 Å². The topological polar surface area (TPSA) is 81.7 Å². The second-order valence-corrected chi connectivity index (χ2v) is 9.46. The molecule has 0 amide bonds. The Hall–Kier alpha value is -2.56. The van der Waals surface area contributed by atoms with Crippen molar-refractivity contribution in [1.82, 2.24) is 24.9 Å². The van der Waals surface area contributed by atoms with Crippen molar-refractivity contribution in [3.63, 3.8) is 0 Å². The van der Waals surface area contributed by atoms with Crippen LogP contribution in [0.1, 0.15) is 80.3 Å². The van der Waals surface area contributed by atoms with Gasteiger partial charge in [0.05, 0.1) is 17.4 Å². The summed E-state index contributed by atoms with van der Waals surface area (Å²) in [5.41, 5.74) is -0.291. The molecular formula is C22H27F3N6OS. The summed E-state index contributed by atoms with van der Waals surface area (Å²) in [7, 11) is 0. The van der Waals surface area contributed by atoms with Gasteiger partial charge in [-0.2, -0.15) is 18.2 Å². The lowest BCUT2D eigenvalue weighted by atomic mass is 9.95. The quantitative estimate of drug-likeness (QED) is 0.384. The van der Waals surface area contributed by atoms with Gasteiger partial charge in [-0.25, -0.2) is 0 Å². The van der Waals surface area contributed by atoms with E-state index in [-0.39, 0.29) is 17.8 Å². The third kappa shape index (κ3) is 5.69. The Labute approximate surface area is 194 Å². The van der Waals surface area contributed by atoms with E-state index in [1.54, 1.807) is 6.07 Å². The fourth-order valence-electron chi connectivity index (χ4n) is 3.99. The lowest BCUT2D eigenvalue weighted by Gasteiger charge is -2.26. The highest BCUT2D eigenvalue weighted by atomic mass is 32.2. The summed E-state index contributed by atoms with van der Waals surface area (Å²) in [5, 5.41) is 16.5. The largest absolute Gasteiger partial charge is 0.416 e. The molecule has 0 bridgehead atoms. The van der Waals surface area contributed by atoms with Gasteiger partial charge in [-0.05, 0) is 38.0 Å². The number of aromatic nitrogens is 5. The van der Waals surface area contributed by atoms with Crippen LogP contribution in [0, 0.1) is 0 Å². The van der Waals surface area contributed by atoms with E-state index in [1.165, 1.54) is 24.2 Å². The number of hydrogen-bond donors (Lipinski definition) is 1. The summed E-state index contributed by atoms with van der Waals surface area (Å²) >= 11 is 1.51. The SMILES string of the molecule is CCc1noc(C(C)Sc2nnc(CNc3cccc(C(F)(F)F)c3)n2C2CCCCC2)n1. The van der Waals surface area contributed by atoms with Crippen molar-refractivity contribution in [3.05, 3.63) is 47.4 Å². The van der Waals surface area contributed by atoms with E-state index in [0.29, 0.717) is 29.6 Å². The zero-order valence-electron chi connectivity index (χ0n) is 18.6. The molecule has 1 N–H and O–H groups in total. The number of alkyl halides is 3. The van der Waals surface area contributed by atoms with Gasteiger partial charge in [0.2, 0.25) is 5.89 Å². The molecule has 1 unspecified atom stereocenters. The molecule has 1 atom stereocenters. The molecule has 1 aliphatic rings. The van der Waals surface area contributed by atoms with Crippen LogP contribution in [-0.4, -0.2) is 24.9 Å². The van der Waals surface area contributed by atoms with Crippen LogP contribution in [-0.2, 0) is 19.1 Å². The molecule has 33 heavy (non-hydrogen) atoms. The summed E-state index contributed by atoms with van der Waals surface area (Å²) in [6, 6.07) is 5.45. The van der Waals surface area contributed by atoms with Gasteiger partial charge in [0.25, 0.3) is 0 Å². The minimum Gasteiger partial charge on any atom is -0.378 e. The molecule has 1 aliphatic carbocycles. The molecule has 2 aromatic heterocycles. The number of nitrogens with zero attached hydrogens (tertiary/aromatic N) is 5. The number of thioether (sulfide) groups is 1. The lowest BCUT2D eigenvalue weighted by molar-refractivity contribution is -0.137. The Morgan fingerprint density at radius 3 is 2.70 bits per heavy atom. The highest BCUT2D eigenvalue weighted by Gasteiger charge is 2.30. The fraction of sp³-hybridized carbons (Fsp3) is 0.545. The van der Waals surface area contributed by atoms with Gasteiger partial charge in [-0.15, -0.1) is 10.2 Å². The van der Waals surface area contributed by atoms with Gasteiger partial charge in [0.15, 0.2) is 16.8 Å². The average Bonchev–Trinajstić information content (AvgIpc) is 3.45. The summed E-state index contributed by atoms with van der Waals surface area (Å²) in [6.45, 7) is 4.23. The predicted molar refractivity (Wildman–Crippen MR) is 119 cm³/mol. The summed E-state index contributed by atoms with van der Waals surface area (Å²) in [5.74, 6) is 1.91. The molecule has 11 heteroatoms. The molecule has 0 radical (unpaired) electrons. The molecule has 1 saturated carbocycles. The fourth-order valence-corrected chi connectivity index (χ4v) is 4.95. The van der Waals surface area contributed by atoms with E-state index in [9.17, 15) is 13.2 Å². The van der Waals surface area contributed by atoms with Crippen molar-refractivity contribution >= 4 is 17.4 Å². The molecule has 178 valence electrons. The van der Waals surface area contributed by atoms with E-state index < -0.39 is 11.7 Å². The molecule has 0 spiro atoms. The number of halogens is 3. The van der Waals surface area contributed by atoms with Gasteiger partial charge in [-0.3, -0.25) is 0 Å². The van der Waals surface area contributed by atoms with Crippen molar-refractivity contribution in [2.45, 2.75) is 81.5 Å². The number of anilines is 1. The lowest BCUT2D eigenvalue weighted by Crippen LogP contribution is -2.18. The summed E-state index contributed by atoms with van der Waals surface area (Å²) < 4.78 is 46.7. The predicted octanol–water partition coefficient (Wildman–Crippen LogP) is 6.21. The van der Waals surface area contributed by atoms with E-state index in [4.69, 9.17) is 4.52 Å². The van der Waals surface area contributed by atoms with E-state index >= 15 is 0 Å². The van der Waals surface area contributed by atoms with Crippen LogP contribution in [0.5, 0.6) is 0 Å². The first-order valence-corrected chi connectivity index (χ1v) is 12.1. The molecule has 2 heterocycles. The molecular weight excluding hydrogens is 453 g/mol. The van der Waals surface area contributed by atoms with Crippen molar-refractivity contribution < 1.29 is 17.7 Å². The minimum absolute atomic E-state index is 0.103. The highest BCUT2D eigenvalue weighted by molar-refractivity contribution is 7.99. The monoisotopic (exact) mass is 480 g/mol. The standard InChI is InChI=1S/C22H27F3N6OS/c1-3-18-27-20(32-30-18)14(2)33-21-29-28-19(31(21)17-10-5-4-6-11-17)13-26-16-9-7-8-15(12-16)22(23,24)25/h7-9,12,14,17,26H,3-6,10-11,13H2,1-2H3. The van der Waals surface area contributed by atoms with Crippen molar-refractivity contribution in [2.24, 2.45) is 0 Å². The Morgan fingerprint density at radius 1 is 1.21 bits per heavy atom. The average molecular weight is 481 g/mol. The molecule has 1 aromatic carbocycles. The van der Waals surface area contributed by atoms with Gasteiger partial charge in [-0.1, -0.05) is 49.2 Å². The Bertz CT molecular complexity index is 1060. The number of nitrogens with one attached hydrogen (secondary N) is 1. The second kappa shape index (κ2) is 10.1. The van der Waals surface area contributed by atoms with Gasteiger partial charge in [0.1, 0.15) is 0 Å². The van der Waals surface area contributed by atoms with Crippen molar-refractivity contribution in [1.29, 1.82) is 0 Å². The maximum Gasteiger partial charge on any atom is 0.416 e. The molecule has 1 fully saturated rings. The zero-order valence-corrected chi connectivity index (χ0v) is 19.4. The van der Waals surface area contributed by atoms with Gasteiger partial charge in [0, 0.05) is 18.2 Å². The van der Waals surface area contributed by atoms with Crippen LogP contribution in [0.25, 0.3) is 0 Å². The van der Waals surface area contributed by atoms with Crippen LogP contribution in [0.15, 0.2) is 33.9 Å². The number of rotatable bonds is 8. The maximum absolute atomic E-state index is 13.1. The molecule has 3 aromatic rings. The first kappa shape index (κ1) is 23.6. The van der Waals surface area contributed by atoms with Crippen molar-refractivity contribution in [2.75, 3.05) is 5.32 Å². The molecule has 4 rings (SSSR count). The molecule has 7 nitrogen and oxygen atoms in total. The third-order valence-electron chi connectivity index (χ3n) is 5.75. The maximum atomic E-state index is 13.1. The zero-order chi connectivity index (χ0) is 23.4. The van der Waals surface area contributed by atoms with Crippen LogP contribution >= 0.6 is 11.8 Å². The van der Waals surface area contributed by atoms with Crippen LogP contribution in [0.3, 0.4) is 0 Å². The smallest absolute Gasteiger partial charge is 0.378 e. The Morgan fingerprint density at radius 2 is 2.00 bits per heavy atom. The number of benzene rings is 1. The highest BCUT2D eigenvalue weighted by Crippen LogP contribution is 2.38. The Kier molecular flexibility index (Phi) is 7.26. The van der Waals surface area contributed by atoms with Crippen molar-refractivity contribution in [3.8, 4) is 0 Å². The van der Waals surface area contributed by atoms with E-state index in [1.807, 2.05) is 13.8 Å². The second-order valence-electron chi connectivity index (χ2n) is 8.16. The van der Waals surface area contributed by atoms with Gasteiger partial charge < -0.3 is 14.4 Å². The van der Waals surface area contributed by atoms with Crippen LogP contribution in [0.2, 0.25) is 0 Å². The van der Waals surface area contributed by atoms with Gasteiger partial charge >= 0.3 is 6.18 Å². The number of hydrogen-bond acceptors (Lipinski definition) is 7. The normalized spacial score (nSPS) is 16.2. The summed E-state index contributed by atoms with van der Waals surface area (Å²) in [4.78, 5) is 4.42. The van der Waals surface area contributed by atoms with E-state index in [0.717, 1.165) is 43.0 Å². The molecule has 0 aliphatic heterocycles. The van der Waals surface area contributed by atoms with Crippen LogP contribution < -0.4 is 5.32 Å².